The monoisotopic (exact) mass is 558 g/mol. The van der Waals surface area contributed by atoms with Crippen molar-refractivity contribution in [3.05, 3.63) is 53.1 Å². The zero-order valence-corrected chi connectivity index (χ0v) is 21.3. The van der Waals surface area contributed by atoms with Gasteiger partial charge in [-0.2, -0.15) is 13.2 Å². The predicted molar refractivity (Wildman–Crippen MR) is 130 cm³/mol. The summed E-state index contributed by atoms with van der Waals surface area (Å²) in [4.78, 5) is 41.6. The normalized spacial score (nSPS) is 19.0. The summed E-state index contributed by atoms with van der Waals surface area (Å²) in [5.41, 5.74) is -3.67. The van der Waals surface area contributed by atoms with E-state index in [4.69, 9.17) is 11.6 Å². The minimum absolute atomic E-state index is 0.0434. The molecule has 204 valence electrons. The number of nitrogens with one attached hydrogen (secondary N) is 2. The van der Waals surface area contributed by atoms with Gasteiger partial charge < -0.3 is 20.4 Å². The fourth-order valence-electron chi connectivity index (χ4n) is 4.32. The number of likely N-dealkylation sites (N-methyl/N-ethyl adjacent to an activating group) is 1. The summed E-state index contributed by atoms with van der Waals surface area (Å²) in [5.74, 6) is -4.62. The molecule has 1 atom stereocenters. The minimum atomic E-state index is -4.77. The molecule has 0 saturated heterocycles. The van der Waals surface area contributed by atoms with E-state index in [0.717, 1.165) is 12.1 Å². The van der Waals surface area contributed by atoms with Crippen molar-refractivity contribution in [2.24, 2.45) is 5.41 Å². The summed E-state index contributed by atoms with van der Waals surface area (Å²) in [6, 6.07) is 5.99. The van der Waals surface area contributed by atoms with E-state index in [0.29, 0.717) is 11.8 Å². The summed E-state index contributed by atoms with van der Waals surface area (Å²) in [6.07, 6.45) is -5.53. The zero-order valence-electron chi connectivity index (χ0n) is 20.5. The SMILES string of the molecule is CN1C(=O)[C@H](NC(=O)C(C)(C)NC(=O)C2(C(F)(F)F)CC2)CN(c2cc(F)cc(F)c2)c2ccc(Cl)cc21. The second-order valence-electron chi connectivity index (χ2n) is 9.95. The van der Waals surface area contributed by atoms with Crippen LogP contribution in [0, 0.1) is 17.0 Å². The van der Waals surface area contributed by atoms with Crippen LogP contribution in [0.2, 0.25) is 5.02 Å². The molecule has 3 amide bonds. The smallest absolute Gasteiger partial charge is 0.341 e. The highest BCUT2D eigenvalue weighted by Crippen LogP contribution is 2.57. The van der Waals surface area contributed by atoms with Gasteiger partial charge in [-0.25, -0.2) is 8.78 Å². The van der Waals surface area contributed by atoms with Crippen molar-refractivity contribution in [1.29, 1.82) is 0 Å². The highest BCUT2D eigenvalue weighted by molar-refractivity contribution is 6.31. The maximum absolute atomic E-state index is 14.1. The van der Waals surface area contributed by atoms with Gasteiger partial charge in [0.25, 0.3) is 5.91 Å². The molecule has 1 aliphatic carbocycles. The van der Waals surface area contributed by atoms with Crippen molar-refractivity contribution in [3.8, 4) is 0 Å². The van der Waals surface area contributed by atoms with Crippen molar-refractivity contribution in [3.63, 3.8) is 0 Å². The number of hydrogen-bond donors (Lipinski definition) is 2. The summed E-state index contributed by atoms with van der Waals surface area (Å²) < 4.78 is 68.3. The molecule has 1 fully saturated rings. The quantitative estimate of drug-likeness (QED) is 0.531. The first-order valence-electron chi connectivity index (χ1n) is 11.6. The zero-order chi connectivity index (χ0) is 28.2. The Balaban J connectivity index is 1.64. The first-order chi connectivity index (χ1) is 17.6. The third kappa shape index (κ3) is 5.01. The fourth-order valence-corrected chi connectivity index (χ4v) is 4.48. The molecular weight excluding hydrogens is 535 g/mol. The molecule has 4 rings (SSSR count). The first kappa shape index (κ1) is 27.6. The van der Waals surface area contributed by atoms with Crippen LogP contribution in [0.1, 0.15) is 26.7 Å². The molecule has 0 radical (unpaired) electrons. The summed E-state index contributed by atoms with van der Waals surface area (Å²) in [6.45, 7) is 2.14. The molecule has 0 unspecified atom stereocenters. The van der Waals surface area contributed by atoms with Gasteiger partial charge in [-0.05, 0) is 57.0 Å². The van der Waals surface area contributed by atoms with Gasteiger partial charge in [0.15, 0.2) is 0 Å². The van der Waals surface area contributed by atoms with E-state index < -0.39 is 52.5 Å². The topological polar surface area (TPSA) is 81.8 Å². The Labute approximate surface area is 219 Å². The van der Waals surface area contributed by atoms with Crippen LogP contribution >= 0.6 is 11.6 Å². The number of amides is 3. The Kier molecular flexibility index (Phi) is 6.84. The van der Waals surface area contributed by atoms with Crippen LogP contribution in [0.15, 0.2) is 36.4 Å². The highest BCUT2D eigenvalue weighted by Gasteiger charge is 2.69. The van der Waals surface area contributed by atoms with Crippen LogP contribution in [-0.4, -0.2) is 49.1 Å². The number of nitrogens with zero attached hydrogens (tertiary/aromatic N) is 2. The lowest BCUT2D eigenvalue weighted by molar-refractivity contribution is -0.193. The molecule has 2 N–H and O–H groups in total. The van der Waals surface area contributed by atoms with Gasteiger partial charge in [-0.1, -0.05) is 11.6 Å². The van der Waals surface area contributed by atoms with E-state index in [-0.39, 0.29) is 35.8 Å². The number of carbonyl (C=O) groups is 3. The summed E-state index contributed by atoms with van der Waals surface area (Å²) in [7, 11) is 1.42. The fraction of sp³-hybridized carbons (Fsp3) is 0.400. The molecular formula is C25H24ClF5N4O3. The Morgan fingerprint density at radius 1 is 1.03 bits per heavy atom. The van der Waals surface area contributed by atoms with Crippen LogP contribution in [0.5, 0.6) is 0 Å². The van der Waals surface area contributed by atoms with Crippen LogP contribution in [-0.2, 0) is 14.4 Å². The van der Waals surface area contributed by atoms with E-state index in [1.165, 1.54) is 42.8 Å². The lowest BCUT2D eigenvalue weighted by Crippen LogP contribution is -2.62. The number of anilines is 3. The molecule has 0 bridgehead atoms. The Hall–Kier alpha value is -3.41. The highest BCUT2D eigenvalue weighted by atomic mass is 35.5. The number of halogens is 6. The van der Waals surface area contributed by atoms with E-state index in [1.807, 2.05) is 0 Å². The Bertz CT molecular complexity index is 1290. The van der Waals surface area contributed by atoms with Gasteiger partial charge in [0.1, 0.15) is 28.6 Å². The minimum Gasteiger partial charge on any atom is -0.341 e. The van der Waals surface area contributed by atoms with Gasteiger partial charge in [0.05, 0.1) is 17.9 Å². The molecule has 0 spiro atoms. The van der Waals surface area contributed by atoms with Crippen molar-refractivity contribution < 1.29 is 36.3 Å². The number of alkyl halides is 3. The Morgan fingerprint density at radius 2 is 1.63 bits per heavy atom. The maximum atomic E-state index is 14.1. The largest absolute Gasteiger partial charge is 0.403 e. The number of carbonyl (C=O) groups excluding carboxylic acids is 3. The Morgan fingerprint density at radius 3 is 2.18 bits per heavy atom. The van der Waals surface area contributed by atoms with Gasteiger partial charge >= 0.3 is 6.18 Å². The molecule has 1 heterocycles. The van der Waals surface area contributed by atoms with Gasteiger partial charge in [-0.3, -0.25) is 14.4 Å². The predicted octanol–water partition coefficient (Wildman–Crippen LogP) is 4.45. The average Bonchev–Trinajstić information content (AvgIpc) is 3.62. The molecule has 2 aromatic carbocycles. The van der Waals surface area contributed by atoms with Gasteiger partial charge in [0, 0.05) is 23.8 Å². The third-order valence-corrected chi connectivity index (χ3v) is 7.00. The number of benzene rings is 2. The average molecular weight is 559 g/mol. The lowest BCUT2D eigenvalue weighted by Gasteiger charge is -2.31. The van der Waals surface area contributed by atoms with Crippen molar-refractivity contribution in [1.82, 2.24) is 10.6 Å². The number of rotatable bonds is 5. The van der Waals surface area contributed by atoms with Crippen molar-refractivity contribution >= 4 is 46.4 Å². The van der Waals surface area contributed by atoms with Gasteiger partial charge in [0.2, 0.25) is 11.8 Å². The van der Waals surface area contributed by atoms with E-state index in [2.05, 4.69) is 10.6 Å². The van der Waals surface area contributed by atoms with E-state index in [9.17, 15) is 36.3 Å². The van der Waals surface area contributed by atoms with Crippen LogP contribution in [0.3, 0.4) is 0 Å². The molecule has 0 aromatic heterocycles. The van der Waals surface area contributed by atoms with Crippen LogP contribution in [0.4, 0.5) is 39.0 Å². The first-order valence-corrected chi connectivity index (χ1v) is 11.9. The van der Waals surface area contributed by atoms with Crippen LogP contribution < -0.4 is 20.4 Å². The van der Waals surface area contributed by atoms with Gasteiger partial charge in [-0.15, -0.1) is 0 Å². The number of fused-ring (bicyclic) bond motifs is 1. The van der Waals surface area contributed by atoms with Crippen molar-refractivity contribution in [2.75, 3.05) is 23.4 Å². The molecule has 1 saturated carbocycles. The van der Waals surface area contributed by atoms with E-state index in [1.54, 1.807) is 6.07 Å². The summed E-state index contributed by atoms with van der Waals surface area (Å²) >= 11 is 6.12. The molecule has 1 aliphatic heterocycles. The second kappa shape index (κ2) is 9.40. The lowest BCUT2D eigenvalue weighted by atomic mass is 9.99. The summed E-state index contributed by atoms with van der Waals surface area (Å²) in [5, 5.41) is 4.92. The molecule has 13 heteroatoms. The second-order valence-corrected chi connectivity index (χ2v) is 10.4. The standard InChI is InChI=1S/C25H24ClF5N4O3/c1-23(2,33-22(38)24(6-7-24)25(29,30)31)21(37)32-17-12-35(16-10-14(27)9-15(28)11-16)18-5-4-13(26)8-19(18)34(3)20(17)36/h4-5,8-11,17H,6-7,12H2,1-3H3,(H,32,37)(H,33,38)/t17-/m1/s1. The maximum Gasteiger partial charge on any atom is 0.403 e. The molecule has 2 aliphatic rings. The molecule has 38 heavy (non-hydrogen) atoms. The van der Waals surface area contributed by atoms with E-state index >= 15 is 0 Å². The molecule has 2 aromatic rings. The molecule has 7 nitrogen and oxygen atoms in total. The van der Waals surface area contributed by atoms with Crippen molar-refractivity contribution in [2.45, 2.75) is 44.4 Å². The van der Waals surface area contributed by atoms with Crippen LogP contribution in [0.25, 0.3) is 0 Å². The number of hydrogen-bond acceptors (Lipinski definition) is 4. The third-order valence-electron chi connectivity index (χ3n) is 6.77.